The number of hydrogen-bond donors (Lipinski definition) is 1. The van der Waals surface area contributed by atoms with Gasteiger partial charge in [0.15, 0.2) is 0 Å². The van der Waals surface area contributed by atoms with E-state index in [1.165, 1.54) is 0 Å². The van der Waals surface area contributed by atoms with Crippen molar-refractivity contribution in [2.45, 2.75) is 51.6 Å². The van der Waals surface area contributed by atoms with Crippen molar-refractivity contribution >= 4 is 0 Å². The molecule has 0 aromatic heterocycles. The Morgan fingerprint density at radius 2 is 2.09 bits per heavy atom. The first kappa shape index (κ1) is 10.4. The summed E-state index contributed by atoms with van der Waals surface area (Å²) < 4.78 is 0. The maximum atomic E-state index is 9.73. The highest BCUT2D eigenvalue weighted by Crippen LogP contribution is 2.21. The Morgan fingerprint density at radius 3 is 2.45 bits per heavy atom. The molecular weight excluding hydrogens is 138 g/mol. The van der Waals surface area contributed by atoms with E-state index < -0.39 is 5.60 Å². The van der Waals surface area contributed by atoms with E-state index in [-0.39, 0.29) is 6.42 Å². The molecule has 0 aromatic carbocycles. The van der Waals surface area contributed by atoms with Crippen LogP contribution in [-0.4, -0.2) is 10.7 Å². The fourth-order valence-electron chi connectivity index (χ4n) is 1.04. The maximum Gasteiger partial charge on any atom is 0.0774 e. The van der Waals surface area contributed by atoms with Gasteiger partial charge in [-0.05, 0) is 12.8 Å². The lowest BCUT2D eigenvalue weighted by Gasteiger charge is -2.23. The van der Waals surface area contributed by atoms with E-state index in [4.69, 9.17) is 5.26 Å². The van der Waals surface area contributed by atoms with Gasteiger partial charge in [0.2, 0.25) is 0 Å². The van der Waals surface area contributed by atoms with Crippen LogP contribution < -0.4 is 0 Å². The second-order valence-corrected chi connectivity index (χ2v) is 3.02. The molecule has 0 radical (unpaired) electrons. The fraction of sp³-hybridized carbons (Fsp3) is 0.889. The Balaban J connectivity index is 3.80. The molecule has 0 bridgehead atoms. The summed E-state index contributed by atoms with van der Waals surface area (Å²) in [6, 6.07) is 2.02. The molecule has 0 fully saturated rings. The quantitative estimate of drug-likeness (QED) is 0.661. The van der Waals surface area contributed by atoms with Gasteiger partial charge in [-0.25, -0.2) is 0 Å². The Kier molecular flexibility index (Phi) is 4.89. The second-order valence-electron chi connectivity index (χ2n) is 3.02. The largest absolute Gasteiger partial charge is 0.389 e. The minimum absolute atomic E-state index is 0.267. The van der Waals surface area contributed by atoms with Gasteiger partial charge in [0.25, 0.3) is 0 Å². The van der Waals surface area contributed by atoms with Gasteiger partial charge >= 0.3 is 0 Å². The Labute approximate surface area is 68.8 Å². The average molecular weight is 155 g/mol. The zero-order valence-electron chi connectivity index (χ0n) is 7.43. The van der Waals surface area contributed by atoms with Gasteiger partial charge < -0.3 is 5.11 Å². The molecule has 0 aliphatic rings. The first-order valence-corrected chi connectivity index (χ1v) is 4.28. The highest BCUT2D eigenvalue weighted by molar-refractivity contribution is 4.87. The Hall–Kier alpha value is -0.550. The molecule has 0 aromatic rings. The number of rotatable bonds is 5. The molecule has 1 atom stereocenters. The molecule has 0 heterocycles. The fourth-order valence-corrected chi connectivity index (χ4v) is 1.04. The van der Waals surface area contributed by atoms with Gasteiger partial charge in [-0.3, -0.25) is 0 Å². The van der Waals surface area contributed by atoms with E-state index in [1.54, 1.807) is 0 Å². The molecule has 0 amide bonds. The highest BCUT2D eigenvalue weighted by atomic mass is 16.3. The van der Waals surface area contributed by atoms with Gasteiger partial charge in [-0.15, -0.1) is 0 Å². The van der Waals surface area contributed by atoms with Gasteiger partial charge in [0, 0.05) is 0 Å². The van der Waals surface area contributed by atoms with Crippen LogP contribution in [0.2, 0.25) is 0 Å². The Morgan fingerprint density at radius 1 is 1.45 bits per heavy atom. The molecule has 0 aliphatic carbocycles. The van der Waals surface area contributed by atoms with Gasteiger partial charge in [-0.1, -0.05) is 26.7 Å². The van der Waals surface area contributed by atoms with Crippen LogP contribution >= 0.6 is 0 Å². The number of hydrogen-bond acceptors (Lipinski definition) is 2. The highest BCUT2D eigenvalue weighted by Gasteiger charge is 2.22. The minimum atomic E-state index is -0.717. The summed E-state index contributed by atoms with van der Waals surface area (Å²) in [6.45, 7) is 4.01. The molecule has 0 aliphatic heterocycles. The summed E-state index contributed by atoms with van der Waals surface area (Å²) in [7, 11) is 0. The summed E-state index contributed by atoms with van der Waals surface area (Å²) >= 11 is 0. The predicted molar refractivity (Wildman–Crippen MR) is 45.0 cm³/mol. The van der Waals surface area contributed by atoms with Crippen molar-refractivity contribution < 1.29 is 5.11 Å². The standard InChI is InChI=1S/C9H17NO/c1-3-5-6-9(11,4-2)7-8-10/h11H,3-7H2,1-2H3. The van der Waals surface area contributed by atoms with Crippen LogP contribution in [0.15, 0.2) is 0 Å². The summed E-state index contributed by atoms with van der Waals surface area (Å²) in [5.41, 5.74) is -0.717. The predicted octanol–water partition coefficient (Wildman–Crippen LogP) is 2.23. The number of aliphatic hydroxyl groups is 1. The molecule has 1 N–H and O–H groups in total. The van der Waals surface area contributed by atoms with Gasteiger partial charge in [-0.2, -0.15) is 5.26 Å². The zero-order chi connectivity index (χ0) is 8.74. The summed E-state index contributed by atoms with van der Waals surface area (Å²) in [5, 5.41) is 18.2. The third kappa shape index (κ3) is 4.00. The van der Waals surface area contributed by atoms with E-state index in [0.717, 1.165) is 19.3 Å². The third-order valence-corrected chi connectivity index (χ3v) is 2.06. The normalized spacial score (nSPS) is 15.5. The van der Waals surface area contributed by atoms with Crippen molar-refractivity contribution in [2.75, 3.05) is 0 Å². The summed E-state index contributed by atoms with van der Waals surface area (Å²) in [4.78, 5) is 0. The van der Waals surface area contributed by atoms with E-state index in [0.29, 0.717) is 6.42 Å². The number of nitriles is 1. The van der Waals surface area contributed by atoms with Crippen molar-refractivity contribution in [2.24, 2.45) is 0 Å². The van der Waals surface area contributed by atoms with Crippen molar-refractivity contribution in [3.8, 4) is 6.07 Å². The smallest absolute Gasteiger partial charge is 0.0774 e. The lowest BCUT2D eigenvalue weighted by Crippen LogP contribution is -2.26. The SMILES string of the molecule is CCCCC(O)(CC)CC#N. The zero-order valence-corrected chi connectivity index (χ0v) is 7.43. The van der Waals surface area contributed by atoms with Crippen molar-refractivity contribution in [1.29, 1.82) is 5.26 Å². The van der Waals surface area contributed by atoms with Crippen LogP contribution in [0.5, 0.6) is 0 Å². The molecule has 0 rings (SSSR count). The van der Waals surface area contributed by atoms with E-state index in [1.807, 2.05) is 13.0 Å². The van der Waals surface area contributed by atoms with Crippen LogP contribution in [0.4, 0.5) is 0 Å². The summed E-state index contributed by atoms with van der Waals surface area (Å²) in [6.07, 6.45) is 3.79. The van der Waals surface area contributed by atoms with Crippen LogP contribution in [0.1, 0.15) is 46.0 Å². The van der Waals surface area contributed by atoms with Crippen molar-refractivity contribution in [3.05, 3.63) is 0 Å². The van der Waals surface area contributed by atoms with Gasteiger partial charge in [0.1, 0.15) is 0 Å². The van der Waals surface area contributed by atoms with Crippen molar-refractivity contribution in [1.82, 2.24) is 0 Å². The van der Waals surface area contributed by atoms with E-state index in [9.17, 15) is 5.11 Å². The lowest BCUT2D eigenvalue weighted by molar-refractivity contribution is 0.0300. The van der Waals surface area contributed by atoms with Crippen LogP contribution in [0.3, 0.4) is 0 Å². The first-order valence-electron chi connectivity index (χ1n) is 4.28. The molecule has 11 heavy (non-hydrogen) atoms. The van der Waals surface area contributed by atoms with Crippen LogP contribution in [0.25, 0.3) is 0 Å². The molecule has 64 valence electrons. The third-order valence-electron chi connectivity index (χ3n) is 2.06. The second kappa shape index (κ2) is 5.15. The van der Waals surface area contributed by atoms with Gasteiger partial charge in [0.05, 0.1) is 18.1 Å². The Bertz CT molecular complexity index is 139. The number of nitrogens with zero attached hydrogens (tertiary/aromatic N) is 1. The first-order chi connectivity index (χ1) is 5.18. The molecule has 1 unspecified atom stereocenters. The molecule has 2 heteroatoms. The molecule has 0 saturated heterocycles. The topological polar surface area (TPSA) is 44.0 Å². The number of unbranched alkanes of at least 4 members (excludes halogenated alkanes) is 1. The van der Waals surface area contributed by atoms with Crippen LogP contribution in [0, 0.1) is 11.3 Å². The molecule has 0 spiro atoms. The van der Waals surface area contributed by atoms with Crippen LogP contribution in [-0.2, 0) is 0 Å². The van der Waals surface area contributed by atoms with Crippen molar-refractivity contribution in [3.63, 3.8) is 0 Å². The average Bonchev–Trinajstić information content (AvgIpc) is 2.02. The van der Waals surface area contributed by atoms with E-state index >= 15 is 0 Å². The molecule has 0 saturated carbocycles. The molecular formula is C9H17NO. The van der Waals surface area contributed by atoms with E-state index in [2.05, 4.69) is 6.92 Å². The summed E-state index contributed by atoms with van der Waals surface area (Å²) in [5.74, 6) is 0. The minimum Gasteiger partial charge on any atom is -0.389 e. The lowest BCUT2D eigenvalue weighted by atomic mass is 9.91. The monoisotopic (exact) mass is 155 g/mol. The molecule has 2 nitrogen and oxygen atoms in total. The maximum absolute atomic E-state index is 9.73.